The lowest BCUT2D eigenvalue weighted by atomic mass is 10.2. The van der Waals surface area contributed by atoms with Crippen molar-refractivity contribution in [2.75, 3.05) is 12.3 Å². The van der Waals surface area contributed by atoms with Gasteiger partial charge in [-0.15, -0.1) is 0 Å². The summed E-state index contributed by atoms with van der Waals surface area (Å²) in [6, 6.07) is 43.9. The van der Waals surface area contributed by atoms with Crippen molar-refractivity contribution in [3.8, 4) is 23.7 Å². The summed E-state index contributed by atoms with van der Waals surface area (Å²) >= 11 is 0. The van der Waals surface area contributed by atoms with Gasteiger partial charge in [-0.3, -0.25) is 0 Å². The molecule has 0 nitrogen and oxygen atoms in total. The summed E-state index contributed by atoms with van der Waals surface area (Å²) in [6.07, 6.45) is 8.95. The number of rotatable bonds is 12. The number of benzene rings is 4. The largest absolute Gasteiger partial charge is 0.0891 e. The molecular formula is C36H36P2. The minimum atomic E-state index is -0.297. The van der Waals surface area contributed by atoms with Crippen LogP contribution in [0.15, 0.2) is 121 Å². The number of hydrogen-bond acceptors (Lipinski definition) is 0. The molecular weight excluding hydrogens is 494 g/mol. The van der Waals surface area contributed by atoms with Gasteiger partial charge in [0.05, 0.1) is 0 Å². The average molecular weight is 531 g/mol. The lowest BCUT2D eigenvalue weighted by Crippen LogP contribution is -2.13. The van der Waals surface area contributed by atoms with E-state index in [4.69, 9.17) is 0 Å². The van der Waals surface area contributed by atoms with Crippen LogP contribution in [-0.4, -0.2) is 12.3 Å². The van der Waals surface area contributed by atoms with E-state index in [9.17, 15) is 0 Å². The molecule has 4 aromatic rings. The van der Waals surface area contributed by atoms with E-state index in [1.807, 2.05) is 0 Å². The monoisotopic (exact) mass is 530 g/mol. The zero-order valence-electron chi connectivity index (χ0n) is 22.1. The van der Waals surface area contributed by atoms with Gasteiger partial charge < -0.3 is 0 Å². The Morgan fingerprint density at radius 1 is 0.368 bits per heavy atom. The Labute approximate surface area is 232 Å². The first-order valence-electron chi connectivity index (χ1n) is 13.6. The van der Waals surface area contributed by atoms with E-state index in [2.05, 4.69) is 145 Å². The quantitative estimate of drug-likeness (QED) is 0.101. The molecule has 0 saturated carbocycles. The summed E-state index contributed by atoms with van der Waals surface area (Å²) in [4.78, 5) is 0. The molecule has 4 aromatic carbocycles. The van der Waals surface area contributed by atoms with Crippen LogP contribution < -0.4 is 21.2 Å². The van der Waals surface area contributed by atoms with Gasteiger partial charge in [0.1, 0.15) is 0 Å². The van der Waals surface area contributed by atoms with E-state index in [0.717, 1.165) is 25.7 Å². The maximum absolute atomic E-state index is 3.28. The SMILES string of the molecule is C(C#CCCCCP(c1ccccc1)c1ccccc1)#CCCCCP(c1ccccc1)c1ccccc1. The van der Waals surface area contributed by atoms with E-state index in [-0.39, 0.29) is 15.8 Å². The molecule has 0 spiro atoms. The van der Waals surface area contributed by atoms with E-state index < -0.39 is 0 Å². The lowest BCUT2D eigenvalue weighted by Gasteiger charge is -2.18. The Morgan fingerprint density at radius 2 is 0.658 bits per heavy atom. The van der Waals surface area contributed by atoms with Crippen molar-refractivity contribution in [2.24, 2.45) is 0 Å². The predicted molar refractivity (Wildman–Crippen MR) is 171 cm³/mol. The normalized spacial score (nSPS) is 10.5. The molecule has 0 heterocycles. The van der Waals surface area contributed by atoms with E-state index in [0.29, 0.717) is 0 Å². The molecule has 2 heteroatoms. The fraction of sp³-hybridized carbons (Fsp3) is 0.222. The zero-order valence-corrected chi connectivity index (χ0v) is 23.9. The first-order valence-corrected chi connectivity index (χ1v) is 16.7. The maximum Gasteiger partial charge on any atom is 0.00990 e. The minimum absolute atomic E-state index is 0.297. The van der Waals surface area contributed by atoms with Crippen molar-refractivity contribution in [1.82, 2.24) is 0 Å². The summed E-state index contributed by atoms with van der Waals surface area (Å²) in [5, 5.41) is 5.85. The van der Waals surface area contributed by atoms with Gasteiger partial charge in [-0.25, -0.2) is 0 Å². The summed E-state index contributed by atoms with van der Waals surface area (Å²) in [5.74, 6) is 12.7. The molecule has 38 heavy (non-hydrogen) atoms. The lowest BCUT2D eigenvalue weighted by molar-refractivity contribution is 0.834. The Balaban J connectivity index is 1.16. The molecule has 0 atom stereocenters. The van der Waals surface area contributed by atoms with Crippen molar-refractivity contribution in [1.29, 1.82) is 0 Å². The van der Waals surface area contributed by atoms with Gasteiger partial charge in [0, 0.05) is 12.8 Å². The van der Waals surface area contributed by atoms with Crippen LogP contribution in [0.5, 0.6) is 0 Å². The third kappa shape index (κ3) is 9.31. The molecule has 0 N–H and O–H groups in total. The average Bonchev–Trinajstić information content (AvgIpc) is 2.99. The summed E-state index contributed by atoms with van der Waals surface area (Å²) in [6.45, 7) is 0. The van der Waals surface area contributed by atoms with Crippen LogP contribution in [0.25, 0.3) is 0 Å². The van der Waals surface area contributed by atoms with E-state index in [1.165, 1.54) is 46.4 Å². The Kier molecular flexibility index (Phi) is 12.2. The second kappa shape index (κ2) is 16.7. The zero-order chi connectivity index (χ0) is 26.1. The third-order valence-electron chi connectivity index (χ3n) is 6.38. The Bertz CT molecular complexity index is 1120. The molecule has 0 amide bonds. The highest BCUT2D eigenvalue weighted by molar-refractivity contribution is 7.73. The van der Waals surface area contributed by atoms with Crippen LogP contribution in [0.2, 0.25) is 0 Å². The van der Waals surface area contributed by atoms with Crippen LogP contribution in [0.3, 0.4) is 0 Å². The van der Waals surface area contributed by atoms with Gasteiger partial charge in [0.2, 0.25) is 0 Å². The highest BCUT2D eigenvalue weighted by atomic mass is 31.1. The van der Waals surface area contributed by atoms with Gasteiger partial charge in [0.25, 0.3) is 0 Å². The first-order chi connectivity index (χ1) is 18.9. The van der Waals surface area contributed by atoms with Crippen molar-refractivity contribution in [2.45, 2.75) is 38.5 Å². The fourth-order valence-electron chi connectivity index (χ4n) is 4.43. The Hall–Kier alpha value is -3.14. The van der Waals surface area contributed by atoms with Gasteiger partial charge in [-0.1, -0.05) is 133 Å². The van der Waals surface area contributed by atoms with Crippen LogP contribution >= 0.6 is 15.8 Å². The molecule has 0 radical (unpaired) electrons. The highest BCUT2D eigenvalue weighted by Gasteiger charge is 2.13. The van der Waals surface area contributed by atoms with Crippen molar-refractivity contribution in [3.05, 3.63) is 121 Å². The Morgan fingerprint density at radius 3 is 0.947 bits per heavy atom. The second-order valence-corrected chi connectivity index (χ2v) is 13.8. The third-order valence-corrected chi connectivity index (χ3v) is 11.6. The summed E-state index contributed by atoms with van der Waals surface area (Å²) < 4.78 is 0. The van der Waals surface area contributed by atoms with Crippen molar-refractivity contribution >= 4 is 37.1 Å². The van der Waals surface area contributed by atoms with Crippen LogP contribution in [-0.2, 0) is 0 Å². The summed E-state index contributed by atoms with van der Waals surface area (Å²) in [5.41, 5.74) is 0. The van der Waals surface area contributed by atoms with Crippen molar-refractivity contribution in [3.63, 3.8) is 0 Å². The van der Waals surface area contributed by atoms with Gasteiger partial charge in [-0.05, 0) is 86.9 Å². The summed E-state index contributed by atoms with van der Waals surface area (Å²) in [7, 11) is -0.594. The molecule has 0 aromatic heterocycles. The number of unbranched alkanes of at least 4 members (excludes halogenated alkanes) is 4. The fourth-order valence-corrected chi connectivity index (χ4v) is 9.26. The molecule has 0 saturated heterocycles. The van der Waals surface area contributed by atoms with E-state index in [1.54, 1.807) is 0 Å². The molecule has 0 aliphatic carbocycles. The molecule has 0 aliphatic rings. The van der Waals surface area contributed by atoms with Gasteiger partial charge >= 0.3 is 0 Å². The van der Waals surface area contributed by atoms with Crippen LogP contribution in [0, 0.1) is 23.7 Å². The molecule has 0 aliphatic heterocycles. The molecule has 4 rings (SSSR count). The smallest absolute Gasteiger partial charge is 0.00990 e. The molecule has 0 fully saturated rings. The minimum Gasteiger partial charge on any atom is -0.0891 e. The number of hydrogen-bond donors (Lipinski definition) is 0. The van der Waals surface area contributed by atoms with Crippen LogP contribution in [0.1, 0.15) is 38.5 Å². The predicted octanol–water partition coefficient (Wildman–Crippen LogP) is 7.60. The maximum atomic E-state index is 3.28. The standard InChI is InChI=1S/C36H36P2/c1(3-5-7-21-31-37(33-23-13-9-14-24-33)34-25-15-10-16-26-34)2-4-6-8-22-32-38(35-27-17-11-18-28-35)36-29-19-12-20-30-36/h9-20,23-30H,5-8,21-22,31-32H2. The van der Waals surface area contributed by atoms with E-state index >= 15 is 0 Å². The molecule has 0 bridgehead atoms. The first kappa shape index (κ1) is 27.9. The highest BCUT2D eigenvalue weighted by Crippen LogP contribution is 2.35. The van der Waals surface area contributed by atoms with Gasteiger partial charge in [0.15, 0.2) is 0 Å². The van der Waals surface area contributed by atoms with Crippen molar-refractivity contribution < 1.29 is 0 Å². The second-order valence-electron chi connectivity index (χ2n) is 9.16. The topological polar surface area (TPSA) is 0 Å². The van der Waals surface area contributed by atoms with Gasteiger partial charge in [-0.2, -0.15) is 0 Å². The van der Waals surface area contributed by atoms with Crippen LogP contribution in [0.4, 0.5) is 0 Å². The molecule has 0 unspecified atom stereocenters. The molecule has 190 valence electrons.